The molecule has 2 atom stereocenters. The first kappa shape index (κ1) is 41.7. The summed E-state index contributed by atoms with van der Waals surface area (Å²) in [5.41, 5.74) is 10.2. The average molecular weight is 830 g/mol. The summed E-state index contributed by atoms with van der Waals surface area (Å²) >= 11 is 0. The smallest absolute Gasteiger partial charge is 0.410 e. The molecule has 62 heavy (non-hydrogen) atoms. The molecule has 1 aliphatic heterocycles. The third kappa shape index (κ3) is 9.00. The minimum absolute atomic E-state index is 0.0938. The average Bonchev–Trinajstić information content (AvgIpc) is 3.93. The van der Waals surface area contributed by atoms with Crippen LogP contribution in [-0.2, 0) is 14.3 Å². The molecular formula is C52H51N3O7. The number of nitrogens with zero attached hydrogens (tertiary/aromatic N) is 1. The molecule has 3 amide bonds. The number of carbonyl (C=O) groups excluding carboxylic acids is 3. The van der Waals surface area contributed by atoms with Crippen LogP contribution in [0.2, 0.25) is 0 Å². The molecule has 0 radical (unpaired) electrons. The molecule has 0 spiro atoms. The molecule has 1 aliphatic carbocycles. The number of amides is 3. The summed E-state index contributed by atoms with van der Waals surface area (Å²) in [6, 6.07) is 43.6. The van der Waals surface area contributed by atoms with E-state index in [4.69, 9.17) is 18.9 Å². The Morgan fingerprint density at radius 3 is 1.82 bits per heavy atom. The van der Waals surface area contributed by atoms with Crippen LogP contribution < -0.4 is 24.8 Å². The van der Waals surface area contributed by atoms with Gasteiger partial charge in [0.2, 0.25) is 5.91 Å². The minimum Gasteiger partial charge on any atom is -0.497 e. The SMILES string of the molecule is COc1ccc(C(NC(=O)[C@@H]2CCCN2C(=O)OCC2c3ccccc3-c3ccccc32)c2ccc(OCC(=O)NC(c3ccc(C)cc3)c3ccc(C)cc3)cc2)c(OC)c1. The molecule has 10 nitrogen and oxygen atoms in total. The molecule has 0 saturated carbocycles. The van der Waals surface area contributed by atoms with Crippen molar-refractivity contribution in [1.82, 2.24) is 15.5 Å². The second-order valence-electron chi connectivity index (χ2n) is 15.9. The van der Waals surface area contributed by atoms with E-state index in [2.05, 4.69) is 34.9 Å². The van der Waals surface area contributed by atoms with Crippen LogP contribution in [0.3, 0.4) is 0 Å². The highest BCUT2D eigenvalue weighted by Crippen LogP contribution is 2.44. The third-order valence-electron chi connectivity index (χ3n) is 11.9. The van der Waals surface area contributed by atoms with Crippen molar-refractivity contribution in [3.8, 4) is 28.4 Å². The van der Waals surface area contributed by atoms with Crippen LogP contribution in [0.1, 0.15) is 75.4 Å². The zero-order valence-electron chi connectivity index (χ0n) is 35.4. The Labute approximate surface area is 362 Å². The van der Waals surface area contributed by atoms with Gasteiger partial charge in [-0.1, -0.05) is 120 Å². The van der Waals surface area contributed by atoms with E-state index >= 15 is 0 Å². The third-order valence-corrected chi connectivity index (χ3v) is 11.9. The maximum Gasteiger partial charge on any atom is 0.410 e. The van der Waals surface area contributed by atoms with Gasteiger partial charge in [0.25, 0.3) is 5.91 Å². The number of hydrogen-bond donors (Lipinski definition) is 2. The number of nitrogens with one attached hydrogen (secondary N) is 2. The molecule has 1 saturated heterocycles. The number of fused-ring (bicyclic) bond motifs is 3. The first-order chi connectivity index (χ1) is 30.2. The van der Waals surface area contributed by atoms with Crippen LogP contribution in [0.25, 0.3) is 11.1 Å². The Bertz CT molecular complexity index is 2450. The molecule has 6 aromatic carbocycles. The second-order valence-corrected chi connectivity index (χ2v) is 15.9. The van der Waals surface area contributed by atoms with Crippen LogP contribution in [0.15, 0.2) is 140 Å². The Morgan fingerprint density at radius 1 is 0.661 bits per heavy atom. The minimum atomic E-state index is -0.734. The lowest BCUT2D eigenvalue weighted by molar-refractivity contribution is -0.125. The van der Waals surface area contributed by atoms with Crippen molar-refractivity contribution >= 4 is 17.9 Å². The van der Waals surface area contributed by atoms with Crippen molar-refractivity contribution in [1.29, 1.82) is 0 Å². The summed E-state index contributed by atoms with van der Waals surface area (Å²) in [5.74, 6) is 0.919. The summed E-state index contributed by atoms with van der Waals surface area (Å²) < 4.78 is 23.3. The van der Waals surface area contributed by atoms with Gasteiger partial charge < -0.3 is 29.6 Å². The van der Waals surface area contributed by atoms with E-state index in [1.807, 2.05) is 111 Å². The highest BCUT2D eigenvalue weighted by molar-refractivity contribution is 5.87. The Hall–Kier alpha value is -7.07. The van der Waals surface area contributed by atoms with Gasteiger partial charge >= 0.3 is 6.09 Å². The number of likely N-dealkylation sites (tertiary alicyclic amines) is 1. The fourth-order valence-corrected chi connectivity index (χ4v) is 8.56. The number of ether oxygens (including phenoxy) is 4. The molecule has 2 N–H and O–H groups in total. The summed E-state index contributed by atoms with van der Waals surface area (Å²) in [7, 11) is 3.15. The summed E-state index contributed by atoms with van der Waals surface area (Å²) in [6.45, 7) is 4.43. The molecule has 8 rings (SSSR count). The van der Waals surface area contributed by atoms with Gasteiger partial charge in [0.1, 0.15) is 29.9 Å². The zero-order chi connectivity index (χ0) is 43.2. The predicted octanol–water partition coefficient (Wildman–Crippen LogP) is 9.22. The van der Waals surface area contributed by atoms with Gasteiger partial charge in [-0.2, -0.15) is 0 Å². The second kappa shape index (κ2) is 18.7. The van der Waals surface area contributed by atoms with Crippen LogP contribution >= 0.6 is 0 Å². The molecule has 316 valence electrons. The van der Waals surface area contributed by atoms with Gasteiger partial charge in [0, 0.05) is 24.1 Å². The van der Waals surface area contributed by atoms with Crippen molar-refractivity contribution in [2.24, 2.45) is 0 Å². The van der Waals surface area contributed by atoms with E-state index in [1.54, 1.807) is 32.4 Å². The summed E-state index contributed by atoms with van der Waals surface area (Å²) in [4.78, 5) is 43.0. The molecule has 0 aromatic heterocycles. The molecular weight excluding hydrogens is 779 g/mol. The molecule has 10 heteroatoms. The van der Waals surface area contributed by atoms with Gasteiger partial charge in [-0.15, -0.1) is 0 Å². The van der Waals surface area contributed by atoms with E-state index in [0.717, 1.165) is 50.1 Å². The standard InChI is InChI=1S/C52H51N3O7/c1-33-15-19-35(20-16-33)49(36-21-17-34(2)18-22-36)53-48(56)32-61-38-25-23-37(24-26-38)50(44-28-27-39(59-3)30-47(44)60-4)54-51(57)46-14-9-29-55(46)52(58)62-31-45-42-12-7-5-10-40(42)41-11-6-8-13-43(41)45/h5-8,10-13,15-28,30,45-46,49-50H,9,14,29,31-32H2,1-4H3,(H,53,56)(H,54,57)/t46-,50?/m0/s1. The maximum atomic E-state index is 14.3. The van der Waals surface area contributed by atoms with Crippen LogP contribution in [0.4, 0.5) is 4.79 Å². The lowest BCUT2D eigenvalue weighted by atomic mass is 9.96. The highest BCUT2D eigenvalue weighted by Gasteiger charge is 2.38. The van der Waals surface area contributed by atoms with Gasteiger partial charge in [0.15, 0.2) is 6.61 Å². The fourth-order valence-electron chi connectivity index (χ4n) is 8.56. The maximum absolute atomic E-state index is 14.3. The molecule has 0 bridgehead atoms. The predicted molar refractivity (Wildman–Crippen MR) is 239 cm³/mol. The summed E-state index contributed by atoms with van der Waals surface area (Å²) in [6.07, 6.45) is 0.638. The number of rotatable bonds is 14. The highest BCUT2D eigenvalue weighted by atomic mass is 16.6. The van der Waals surface area contributed by atoms with Crippen LogP contribution in [0.5, 0.6) is 17.2 Å². The number of benzene rings is 6. The lowest BCUT2D eigenvalue weighted by Gasteiger charge is -2.28. The van der Waals surface area contributed by atoms with Crippen molar-refractivity contribution in [3.05, 3.63) is 184 Å². The zero-order valence-corrected chi connectivity index (χ0v) is 35.4. The topological polar surface area (TPSA) is 115 Å². The normalized spacial score (nSPS) is 14.7. The number of carbonyl (C=O) groups is 3. The lowest BCUT2D eigenvalue weighted by Crippen LogP contribution is -2.47. The fraction of sp³-hybridized carbons (Fsp3) is 0.250. The summed E-state index contributed by atoms with van der Waals surface area (Å²) in [5, 5.41) is 6.38. The van der Waals surface area contributed by atoms with Crippen molar-refractivity contribution in [3.63, 3.8) is 0 Å². The van der Waals surface area contributed by atoms with Crippen LogP contribution in [-0.4, -0.2) is 62.8 Å². The number of aryl methyl sites for hydroxylation is 2. The first-order valence-electron chi connectivity index (χ1n) is 21.0. The van der Waals surface area contributed by atoms with Crippen molar-refractivity contribution in [2.75, 3.05) is 34.0 Å². The van der Waals surface area contributed by atoms with Crippen molar-refractivity contribution < 1.29 is 33.3 Å². The van der Waals surface area contributed by atoms with Crippen LogP contribution in [0, 0.1) is 13.8 Å². The molecule has 2 aliphatic rings. The van der Waals surface area contributed by atoms with Gasteiger partial charge in [-0.25, -0.2) is 4.79 Å². The quantitative estimate of drug-likeness (QED) is 0.113. The Morgan fingerprint density at radius 2 is 1.23 bits per heavy atom. The molecule has 1 fully saturated rings. The van der Waals surface area contributed by atoms with Crippen molar-refractivity contribution in [2.45, 2.75) is 50.7 Å². The Kier molecular flexibility index (Phi) is 12.6. The number of methoxy groups -OCH3 is 2. The van der Waals surface area contributed by atoms with E-state index < -0.39 is 18.2 Å². The first-order valence-corrected chi connectivity index (χ1v) is 21.0. The molecule has 1 unspecified atom stereocenters. The Balaban J connectivity index is 0.962. The largest absolute Gasteiger partial charge is 0.497 e. The van der Waals surface area contributed by atoms with E-state index in [0.29, 0.717) is 42.2 Å². The van der Waals surface area contributed by atoms with E-state index in [-0.39, 0.29) is 37.0 Å². The number of hydrogen-bond acceptors (Lipinski definition) is 7. The molecule has 1 heterocycles. The molecule has 6 aromatic rings. The van der Waals surface area contributed by atoms with E-state index in [9.17, 15) is 14.4 Å². The monoisotopic (exact) mass is 829 g/mol. The van der Waals surface area contributed by atoms with E-state index in [1.165, 1.54) is 4.90 Å². The van der Waals surface area contributed by atoms with Gasteiger partial charge in [-0.05, 0) is 89.9 Å². The van der Waals surface area contributed by atoms with Gasteiger partial charge in [0.05, 0.1) is 26.3 Å². The van der Waals surface area contributed by atoms with Gasteiger partial charge in [-0.3, -0.25) is 14.5 Å².